The standard InChI is InChI=1S/C10H13BrN4S/c1-10(2,12)9-5-15(14-13-9)4-8-3-7(11)6-16-8/h3,5-6H,4,12H2,1-2H3. The molecule has 2 rings (SSSR count). The topological polar surface area (TPSA) is 56.7 Å². The highest BCUT2D eigenvalue weighted by atomic mass is 79.9. The van der Waals surface area contributed by atoms with Gasteiger partial charge in [-0.25, -0.2) is 4.68 Å². The molecule has 0 saturated carbocycles. The number of nitrogens with two attached hydrogens (primary N) is 1. The quantitative estimate of drug-likeness (QED) is 0.946. The summed E-state index contributed by atoms with van der Waals surface area (Å²) in [6.45, 7) is 4.57. The van der Waals surface area contributed by atoms with Crippen LogP contribution in [0.2, 0.25) is 0 Å². The number of nitrogens with zero attached hydrogens (tertiary/aromatic N) is 3. The zero-order valence-electron chi connectivity index (χ0n) is 9.14. The van der Waals surface area contributed by atoms with Gasteiger partial charge < -0.3 is 5.73 Å². The van der Waals surface area contributed by atoms with Crippen LogP contribution in [-0.4, -0.2) is 15.0 Å². The van der Waals surface area contributed by atoms with E-state index in [2.05, 4.69) is 37.7 Å². The Morgan fingerprint density at radius 2 is 2.31 bits per heavy atom. The van der Waals surface area contributed by atoms with Gasteiger partial charge in [0.25, 0.3) is 0 Å². The molecule has 86 valence electrons. The normalized spacial score (nSPS) is 12.0. The number of halogens is 1. The molecule has 4 nitrogen and oxygen atoms in total. The minimum Gasteiger partial charge on any atom is -0.320 e. The summed E-state index contributed by atoms with van der Waals surface area (Å²) >= 11 is 5.12. The predicted molar refractivity (Wildman–Crippen MR) is 68.4 cm³/mol. The molecule has 2 N–H and O–H groups in total. The van der Waals surface area contributed by atoms with Crippen molar-refractivity contribution < 1.29 is 0 Å². The summed E-state index contributed by atoms with van der Waals surface area (Å²) in [6.07, 6.45) is 1.90. The summed E-state index contributed by atoms with van der Waals surface area (Å²) in [6, 6.07) is 2.08. The molecule has 2 aromatic heterocycles. The lowest BCUT2D eigenvalue weighted by molar-refractivity contribution is 0.533. The second kappa shape index (κ2) is 4.27. The summed E-state index contributed by atoms with van der Waals surface area (Å²) in [4.78, 5) is 1.23. The van der Waals surface area contributed by atoms with Gasteiger partial charge in [0.1, 0.15) is 5.69 Å². The highest BCUT2D eigenvalue weighted by Gasteiger charge is 2.18. The molecule has 0 aromatic carbocycles. The maximum absolute atomic E-state index is 5.95. The molecule has 16 heavy (non-hydrogen) atoms. The first-order valence-corrected chi connectivity index (χ1v) is 6.55. The van der Waals surface area contributed by atoms with E-state index in [1.807, 2.05) is 24.7 Å². The molecule has 2 aromatic rings. The van der Waals surface area contributed by atoms with Crippen molar-refractivity contribution in [1.29, 1.82) is 0 Å². The summed E-state index contributed by atoms with van der Waals surface area (Å²) in [5.74, 6) is 0. The smallest absolute Gasteiger partial charge is 0.102 e. The molecule has 0 aliphatic heterocycles. The highest BCUT2D eigenvalue weighted by molar-refractivity contribution is 9.10. The third-order valence-electron chi connectivity index (χ3n) is 2.14. The van der Waals surface area contributed by atoms with Crippen molar-refractivity contribution in [3.05, 3.63) is 32.7 Å². The van der Waals surface area contributed by atoms with Crippen LogP contribution in [0.1, 0.15) is 24.4 Å². The lowest BCUT2D eigenvalue weighted by Gasteiger charge is -2.13. The number of hydrogen-bond donors (Lipinski definition) is 1. The first kappa shape index (κ1) is 11.8. The van der Waals surface area contributed by atoms with E-state index in [0.29, 0.717) is 0 Å². The summed E-state index contributed by atoms with van der Waals surface area (Å²) in [5.41, 5.74) is 6.32. The Balaban J connectivity index is 2.14. The molecule has 0 radical (unpaired) electrons. The van der Waals surface area contributed by atoms with Gasteiger partial charge in [0.15, 0.2) is 0 Å². The fourth-order valence-corrected chi connectivity index (χ4v) is 2.71. The Bertz CT molecular complexity index is 483. The second-order valence-corrected chi connectivity index (χ2v) is 6.17. The van der Waals surface area contributed by atoms with Crippen molar-refractivity contribution in [2.24, 2.45) is 5.73 Å². The van der Waals surface area contributed by atoms with E-state index in [1.165, 1.54) is 4.88 Å². The Kier molecular flexibility index (Phi) is 3.14. The van der Waals surface area contributed by atoms with Crippen LogP contribution in [0.15, 0.2) is 22.1 Å². The summed E-state index contributed by atoms with van der Waals surface area (Å²) < 4.78 is 2.91. The largest absolute Gasteiger partial charge is 0.320 e. The Hall–Kier alpha value is -0.720. The van der Waals surface area contributed by atoms with Gasteiger partial charge in [0.05, 0.1) is 18.3 Å². The van der Waals surface area contributed by atoms with Crippen molar-refractivity contribution >= 4 is 27.3 Å². The zero-order valence-corrected chi connectivity index (χ0v) is 11.5. The van der Waals surface area contributed by atoms with Crippen LogP contribution < -0.4 is 5.73 Å². The summed E-state index contributed by atoms with van der Waals surface area (Å²) in [5, 5.41) is 10.2. The Morgan fingerprint density at radius 1 is 1.56 bits per heavy atom. The van der Waals surface area contributed by atoms with Crippen molar-refractivity contribution in [2.75, 3.05) is 0 Å². The van der Waals surface area contributed by atoms with Crippen molar-refractivity contribution in [3.63, 3.8) is 0 Å². The van der Waals surface area contributed by atoms with E-state index in [1.54, 1.807) is 11.3 Å². The van der Waals surface area contributed by atoms with E-state index in [-0.39, 0.29) is 0 Å². The Labute approximate surface area is 107 Å². The van der Waals surface area contributed by atoms with Gasteiger partial charge in [0.2, 0.25) is 0 Å². The fraction of sp³-hybridized carbons (Fsp3) is 0.400. The molecule has 0 aliphatic carbocycles. The molecule has 0 bridgehead atoms. The highest BCUT2D eigenvalue weighted by Crippen LogP contribution is 2.21. The molecular formula is C10H13BrN4S. The SMILES string of the molecule is CC(C)(N)c1cn(Cc2cc(Br)cs2)nn1. The number of rotatable bonds is 3. The van der Waals surface area contributed by atoms with Crippen LogP contribution in [0.3, 0.4) is 0 Å². The first-order chi connectivity index (χ1) is 7.45. The van der Waals surface area contributed by atoms with Gasteiger partial charge in [-0.05, 0) is 35.8 Å². The molecule has 0 amide bonds. The van der Waals surface area contributed by atoms with Crippen LogP contribution in [0.25, 0.3) is 0 Å². The third-order valence-corrected chi connectivity index (χ3v) is 3.82. The lowest BCUT2D eigenvalue weighted by Crippen LogP contribution is -2.29. The molecular weight excluding hydrogens is 288 g/mol. The van der Waals surface area contributed by atoms with E-state index in [0.717, 1.165) is 16.7 Å². The van der Waals surface area contributed by atoms with Gasteiger partial charge in [-0.3, -0.25) is 0 Å². The van der Waals surface area contributed by atoms with Gasteiger partial charge >= 0.3 is 0 Å². The predicted octanol–water partition coefficient (Wildman–Crippen LogP) is 2.34. The zero-order chi connectivity index (χ0) is 11.8. The van der Waals surface area contributed by atoms with E-state index < -0.39 is 5.54 Å². The minimum absolute atomic E-state index is 0.436. The van der Waals surface area contributed by atoms with Crippen LogP contribution in [0.4, 0.5) is 0 Å². The van der Waals surface area contributed by atoms with Crippen molar-refractivity contribution in [2.45, 2.75) is 25.9 Å². The first-order valence-electron chi connectivity index (χ1n) is 4.87. The molecule has 6 heteroatoms. The molecule has 2 heterocycles. The molecule has 0 aliphatic rings. The Morgan fingerprint density at radius 3 is 2.81 bits per heavy atom. The third kappa shape index (κ3) is 2.69. The average molecular weight is 301 g/mol. The van der Waals surface area contributed by atoms with Crippen LogP contribution in [0, 0.1) is 0 Å². The second-order valence-electron chi connectivity index (χ2n) is 4.25. The number of thiophene rings is 1. The van der Waals surface area contributed by atoms with Gasteiger partial charge in [-0.15, -0.1) is 16.4 Å². The number of aromatic nitrogens is 3. The van der Waals surface area contributed by atoms with Crippen molar-refractivity contribution in [3.8, 4) is 0 Å². The van der Waals surface area contributed by atoms with Crippen LogP contribution in [-0.2, 0) is 12.1 Å². The maximum Gasteiger partial charge on any atom is 0.102 e. The van der Waals surface area contributed by atoms with Crippen LogP contribution >= 0.6 is 27.3 Å². The molecule has 0 saturated heterocycles. The monoisotopic (exact) mass is 300 g/mol. The van der Waals surface area contributed by atoms with Gasteiger partial charge in [-0.1, -0.05) is 5.21 Å². The minimum atomic E-state index is -0.436. The van der Waals surface area contributed by atoms with E-state index >= 15 is 0 Å². The van der Waals surface area contributed by atoms with Crippen molar-refractivity contribution in [1.82, 2.24) is 15.0 Å². The molecule has 0 spiro atoms. The lowest BCUT2D eigenvalue weighted by atomic mass is 10.0. The molecule has 0 fully saturated rings. The maximum atomic E-state index is 5.95. The van der Waals surface area contributed by atoms with Crippen LogP contribution in [0.5, 0.6) is 0 Å². The van der Waals surface area contributed by atoms with E-state index in [9.17, 15) is 0 Å². The average Bonchev–Trinajstić information content (AvgIpc) is 2.74. The van der Waals surface area contributed by atoms with Gasteiger partial charge in [-0.2, -0.15) is 0 Å². The van der Waals surface area contributed by atoms with E-state index in [4.69, 9.17) is 5.73 Å². The molecule has 0 atom stereocenters. The number of hydrogen-bond acceptors (Lipinski definition) is 4. The van der Waals surface area contributed by atoms with Gasteiger partial charge in [0, 0.05) is 14.7 Å². The fourth-order valence-electron chi connectivity index (χ4n) is 1.27. The molecule has 0 unspecified atom stereocenters. The summed E-state index contributed by atoms with van der Waals surface area (Å²) in [7, 11) is 0.